The van der Waals surface area contributed by atoms with Crippen LogP contribution in [0.25, 0.3) is 0 Å². The van der Waals surface area contributed by atoms with Crippen molar-refractivity contribution >= 4 is 5.97 Å². The first kappa shape index (κ1) is 13.3. The molecule has 6 heteroatoms. The molecule has 1 N–H and O–H groups in total. The van der Waals surface area contributed by atoms with Crippen LogP contribution in [0, 0.1) is 0 Å². The molecule has 3 nitrogen and oxygen atoms in total. The number of rotatable bonds is 4. The minimum Gasteiger partial charge on any atom is -0.490 e. The van der Waals surface area contributed by atoms with Gasteiger partial charge in [-0.15, -0.1) is 0 Å². The van der Waals surface area contributed by atoms with Crippen LogP contribution in [0.5, 0.6) is 5.75 Å². The van der Waals surface area contributed by atoms with E-state index in [1.165, 1.54) is 19.1 Å². The summed E-state index contributed by atoms with van der Waals surface area (Å²) in [5, 5.41) is 8.48. The van der Waals surface area contributed by atoms with E-state index in [9.17, 15) is 18.0 Å². The molecule has 0 amide bonds. The van der Waals surface area contributed by atoms with Crippen molar-refractivity contribution in [2.24, 2.45) is 0 Å². The van der Waals surface area contributed by atoms with Gasteiger partial charge in [-0.2, -0.15) is 13.2 Å². The zero-order valence-electron chi connectivity index (χ0n) is 8.99. The van der Waals surface area contributed by atoms with E-state index in [4.69, 9.17) is 9.84 Å². The molecular weight excluding hydrogens is 237 g/mol. The van der Waals surface area contributed by atoms with Gasteiger partial charge in [-0.05, 0) is 31.2 Å². The fourth-order valence-corrected chi connectivity index (χ4v) is 1.24. The molecule has 0 saturated heterocycles. The van der Waals surface area contributed by atoms with E-state index in [-0.39, 0.29) is 12.2 Å². The molecule has 0 aliphatic heterocycles. The topological polar surface area (TPSA) is 46.5 Å². The van der Waals surface area contributed by atoms with Gasteiger partial charge in [-0.25, -0.2) is 0 Å². The van der Waals surface area contributed by atoms with Crippen molar-refractivity contribution in [2.45, 2.75) is 25.6 Å². The first-order chi connectivity index (χ1) is 7.79. The lowest BCUT2D eigenvalue weighted by Gasteiger charge is -2.13. The van der Waals surface area contributed by atoms with Gasteiger partial charge in [0.2, 0.25) is 0 Å². The quantitative estimate of drug-likeness (QED) is 0.891. The Morgan fingerprint density at radius 3 is 2.29 bits per heavy atom. The molecule has 0 aromatic heterocycles. The highest BCUT2D eigenvalue weighted by Gasteiger charge is 2.30. The van der Waals surface area contributed by atoms with E-state index in [2.05, 4.69) is 0 Å². The zero-order chi connectivity index (χ0) is 13.1. The van der Waals surface area contributed by atoms with Crippen LogP contribution < -0.4 is 4.74 Å². The first-order valence-corrected chi connectivity index (χ1v) is 4.85. The van der Waals surface area contributed by atoms with Gasteiger partial charge in [0, 0.05) is 0 Å². The largest absolute Gasteiger partial charge is 0.490 e. The van der Waals surface area contributed by atoms with Crippen LogP contribution in [0.15, 0.2) is 24.3 Å². The van der Waals surface area contributed by atoms with Crippen LogP contribution in [-0.4, -0.2) is 17.2 Å². The number of benzene rings is 1. The number of alkyl halides is 3. The first-order valence-electron chi connectivity index (χ1n) is 4.85. The maximum Gasteiger partial charge on any atom is 0.416 e. The van der Waals surface area contributed by atoms with E-state index >= 15 is 0 Å². The number of ether oxygens (including phenoxy) is 1. The Morgan fingerprint density at radius 2 is 1.88 bits per heavy atom. The lowest BCUT2D eigenvalue weighted by atomic mass is 10.2. The monoisotopic (exact) mass is 248 g/mol. The summed E-state index contributed by atoms with van der Waals surface area (Å²) in [7, 11) is 0. The third-order valence-electron chi connectivity index (χ3n) is 1.98. The second kappa shape index (κ2) is 5.07. The molecule has 0 unspecified atom stereocenters. The van der Waals surface area contributed by atoms with Gasteiger partial charge in [0.05, 0.1) is 12.0 Å². The Bertz CT molecular complexity index is 384. The van der Waals surface area contributed by atoms with E-state index in [0.717, 1.165) is 12.1 Å². The van der Waals surface area contributed by atoms with Crippen LogP contribution >= 0.6 is 0 Å². The predicted octanol–water partition coefficient (Wildman–Crippen LogP) is 2.95. The van der Waals surface area contributed by atoms with E-state index in [1.54, 1.807) is 0 Å². The Labute approximate surface area is 95.8 Å². The van der Waals surface area contributed by atoms with Gasteiger partial charge >= 0.3 is 12.1 Å². The number of halogens is 3. The molecule has 1 aromatic carbocycles. The standard InChI is InChI=1S/C11H11F3O3/c1-7(6-10(15)16)17-9-4-2-8(3-5-9)11(12,13)14/h2-5,7H,6H2,1H3,(H,15,16)/t7-/m1/s1. The molecule has 1 aromatic rings. The Morgan fingerprint density at radius 1 is 1.35 bits per heavy atom. The molecule has 0 saturated carbocycles. The van der Waals surface area contributed by atoms with Crippen LogP contribution in [0.3, 0.4) is 0 Å². The average molecular weight is 248 g/mol. The minimum absolute atomic E-state index is 0.207. The van der Waals surface area contributed by atoms with Crippen molar-refractivity contribution in [3.8, 4) is 5.75 Å². The Kier molecular flexibility index (Phi) is 3.98. The van der Waals surface area contributed by atoms with E-state index in [0.29, 0.717) is 0 Å². The highest BCUT2D eigenvalue weighted by atomic mass is 19.4. The molecule has 1 atom stereocenters. The second-order valence-corrected chi connectivity index (χ2v) is 3.55. The van der Waals surface area contributed by atoms with Gasteiger partial charge < -0.3 is 9.84 Å². The molecule has 0 bridgehead atoms. The van der Waals surface area contributed by atoms with Crippen molar-refractivity contribution in [2.75, 3.05) is 0 Å². The number of carboxylic acid groups (broad SMARTS) is 1. The number of carboxylic acids is 1. The molecule has 0 spiro atoms. The normalized spacial score (nSPS) is 13.2. The van der Waals surface area contributed by atoms with Crippen LogP contribution in [0.4, 0.5) is 13.2 Å². The second-order valence-electron chi connectivity index (χ2n) is 3.55. The predicted molar refractivity (Wildman–Crippen MR) is 53.8 cm³/mol. The third-order valence-corrected chi connectivity index (χ3v) is 1.98. The minimum atomic E-state index is -4.38. The van der Waals surface area contributed by atoms with Gasteiger partial charge in [-0.1, -0.05) is 0 Å². The smallest absolute Gasteiger partial charge is 0.416 e. The average Bonchev–Trinajstić information content (AvgIpc) is 2.15. The number of carbonyl (C=O) groups is 1. The fourth-order valence-electron chi connectivity index (χ4n) is 1.24. The van der Waals surface area contributed by atoms with Gasteiger partial charge in [0.1, 0.15) is 11.9 Å². The summed E-state index contributed by atoms with van der Waals surface area (Å²) in [5.41, 5.74) is -0.768. The van der Waals surface area contributed by atoms with Crippen LogP contribution in [-0.2, 0) is 11.0 Å². The summed E-state index contributed by atoms with van der Waals surface area (Å²) in [6.45, 7) is 1.53. The molecular formula is C11H11F3O3. The van der Waals surface area contributed by atoms with Crippen molar-refractivity contribution in [3.63, 3.8) is 0 Å². The number of hydrogen-bond acceptors (Lipinski definition) is 2. The highest BCUT2D eigenvalue weighted by Crippen LogP contribution is 2.30. The molecule has 17 heavy (non-hydrogen) atoms. The van der Waals surface area contributed by atoms with Crippen LogP contribution in [0.1, 0.15) is 18.9 Å². The van der Waals surface area contributed by atoms with Crippen molar-refractivity contribution in [3.05, 3.63) is 29.8 Å². The van der Waals surface area contributed by atoms with Crippen molar-refractivity contribution in [1.29, 1.82) is 0 Å². The number of aliphatic carboxylic acids is 1. The lowest BCUT2D eigenvalue weighted by molar-refractivity contribution is -0.138. The molecule has 0 heterocycles. The van der Waals surface area contributed by atoms with Crippen molar-refractivity contribution < 1.29 is 27.8 Å². The Balaban J connectivity index is 2.66. The maximum absolute atomic E-state index is 12.2. The summed E-state index contributed by atoms with van der Waals surface area (Å²) < 4.78 is 41.9. The van der Waals surface area contributed by atoms with Gasteiger partial charge in [0.25, 0.3) is 0 Å². The molecule has 0 radical (unpaired) electrons. The van der Waals surface area contributed by atoms with Crippen molar-refractivity contribution in [1.82, 2.24) is 0 Å². The summed E-state index contributed by atoms with van der Waals surface area (Å²) in [6, 6.07) is 4.12. The maximum atomic E-state index is 12.2. The summed E-state index contributed by atoms with van der Waals surface area (Å²) in [4.78, 5) is 10.4. The van der Waals surface area contributed by atoms with Crippen LogP contribution in [0.2, 0.25) is 0 Å². The highest BCUT2D eigenvalue weighted by molar-refractivity contribution is 5.67. The Hall–Kier alpha value is -1.72. The molecule has 0 aliphatic rings. The third kappa shape index (κ3) is 4.34. The molecule has 0 aliphatic carbocycles. The summed E-state index contributed by atoms with van der Waals surface area (Å²) in [5.74, 6) is -0.809. The summed E-state index contributed by atoms with van der Waals surface area (Å²) in [6.07, 6.45) is -5.18. The number of hydrogen-bond donors (Lipinski definition) is 1. The summed E-state index contributed by atoms with van der Waals surface area (Å²) >= 11 is 0. The van der Waals surface area contributed by atoms with E-state index in [1.807, 2.05) is 0 Å². The fraction of sp³-hybridized carbons (Fsp3) is 0.364. The van der Waals surface area contributed by atoms with Gasteiger partial charge in [0.15, 0.2) is 0 Å². The lowest BCUT2D eigenvalue weighted by Crippen LogP contribution is -2.16. The zero-order valence-corrected chi connectivity index (χ0v) is 8.99. The van der Waals surface area contributed by atoms with Gasteiger partial charge in [-0.3, -0.25) is 4.79 Å². The SMILES string of the molecule is C[C@H](CC(=O)O)Oc1ccc(C(F)(F)F)cc1. The molecule has 1 rings (SSSR count). The molecule has 0 fully saturated rings. The molecule has 94 valence electrons. The van der Waals surface area contributed by atoms with E-state index < -0.39 is 23.8 Å².